The first-order valence-corrected chi connectivity index (χ1v) is 7.48. The number of fused-ring (bicyclic) bond motifs is 2. The Hall–Kier alpha value is -1.98. The number of para-hydroxylation sites is 1. The topological polar surface area (TPSA) is 66.0 Å². The number of amides is 1. The van der Waals surface area contributed by atoms with E-state index in [0.29, 0.717) is 12.0 Å². The van der Waals surface area contributed by atoms with E-state index >= 15 is 0 Å². The van der Waals surface area contributed by atoms with Gasteiger partial charge in [-0.15, -0.1) is 0 Å². The van der Waals surface area contributed by atoms with Crippen molar-refractivity contribution in [3.05, 3.63) is 36.5 Å². The predicted molar refractivity (Wildman–Crippen MR) is 81.6 cm³/mol. The first-order valence-electron chi connectivity index (χ1n) is 7.48. The number of nitrogens with zero attached hydrogens (tertiary/aromatic N) is 1. The standard InChI is InChI=1S/C16H18N4O/c21-16(15-11-6-2-7-12(11)19-20-15)18-13-8-1-4-10-5-3-9-17-14(10)13/h1,3-5,8-9,11-12,15,19-20H,2,6-7H2,(H,18,21). The Morgan fingerprint density at radius 3 is 3.05 bits per heavy atom. The molecule has 4 rings (SSSR count). The van der Waals surface area contributed by atoms with E-state index in [0.717, 1.165) is 29.4 Å². The second-order valence-corrected chi connectivity index (χ2v) is 5.84. The maximum absolute atomic E-state index is 12.6. The van der Waals surface area contributed by atoms with Gasteiger partial charge in [-0.3, -0.25) is 15.2 Å². The van der Waals surface area contributed by atoms with Crippen molar-refractivity contribution in [1.29, 1.82) is 0 Å². The fourth-order valence-corrected chi connectivity index (χ4v) is 3.55. The molecule has 3 N–H and O–H groups in total. The molecule has 0 bridgehead atoms. The molecular formula is C16H18N4O. The first kappa shape index (κ1) is 12.7. The number of pyridine rings is 1. The molecule has 0 spiro atoms. The first-order chi connectivity index (χ1) is 10.3. The Labute approximate surface area is 123 Å². The Balaban J connectivity index is 1.58. The van der Waals surface area contributed by atoms with Crippen molar-refractivity contribution in [2.45, 2.75) is 31.3 Å². The summed E-state index contributed by atoms with van der Waals surface area (Å²) in [5, 5.41) is 4.07. The lowest BCUT2D eigenvalue weighted by Crippen LogP contribution is -2.42. The van der Waals surface area contributed by atoms with Crippen molar-refractivity contribution in [3.8, 4) is 0 Å². The number of aromatic nitrogens is 1. The van der Waals surface area contributed by atoms with Gasteiger partial charge in [-0.2, -0.15) is 0 Å². The van der Waals surface area contributed by atoms with Gasteiger partial charge in [-0.25, -0.2) is 5.43 Å². The largest absolute Gasteiger partial charge is 0.323 e. The summed E-state index contributed by atoms with van der Waals surface area (Å²) in [6.07, 6.45) is 5.21. The summed E-state index contributed by atoms with van der Waals surface area (Å²) < 4.78 is 0. The van der Waals surface area contributed by atoms with E-state index in [-0.39, 0.29) is 11.9 Å². The normalized spacial score (nSPS) is 27.7. The number of hydrogen-bond donors (Lipinski definition) is 3. The van der Waals surface area contributed by atoms with Crippen molar-refractivity contribution >= 4 is 22.5 Å². The average Bonchev–Trinajstić information content (AvgIpc) is 3.10. The van der Waals surface area contributed by atoms with Crippen LogP contribution in [0.1, 0.15) is 19.3 Å². The fraction of sp³-hybridized carbons (Fsp3) is 0.375. The molecule has 1 saturated carbocycles. The number of anilines is 1. The van der Waals surface area contributed by atoms with Crippen LogP contribution in [0.25, 0.3) is 10.9 Å². The molecule has 2 aliphatic rings. The number of hydrogen-bond acceptors (Lipinski definition) is 4. The number of rotatable bonds is 2. The van der Waals surface area contributed by atoms with E-state index in [4.69, 9.17) is 0 Å². The molecule has 3 unspecified atom stereocenters. The third kappa shape index (κ3) is 2.18. The van der Waals surface area contributed by atoms with E-state index < -0.39 is 0 Å². The maximum atomic E-state index is 12.6. The third-order valence-corrected chi connectivity index (χ3v) is 4.59. The lowest BCUT2D eigenvalue weighted by molar-refractivity contribution is -0.118. The maximum Gasteiger partial charge on any atom is 0.243 e. The summed E-state index contributed by atoms with van der Waals surface area (Å²) in [6.45, 7) is 0. The van der Waals surface area contributed by atoms with Gasteiger partial charge in [0.15, 0.2) is 0 Å². The molecule has 5 heteroatoms. The van der Waals surface area contributed by atoms with Crippen molar-refractivity contribution < 1.29 is 4.79 Å². The van der Waals surface area contributed by atoms with Crippen LogP contribution in [0.15, 0.2) is 36.5 Å². The Morgan fingerprint density at radius 1 is 1.19 bits per heavy atom. The van der Waals surface area contributed by atoms with Gasteiger partial charge in [-0.05, 0) is 25.0 Å². The molecule has 1 aromatic carbocycles. The number of benzene rings is 1. The van der Waals surface area contributed by atoms with Gasteiger partial charge in [-0.1, -0.05) is 24.6 Å². The van der Waals surface area contributed by atoms with Crippen molar-refractivity contribution in [1.82, 2.24) is 15.8 Å². The molecule has 3 atom stereocenters. The van der Waals surface area contributed by atoms with Crippen molar-refractivity contribution in [2.24, 2.45) is 5.92 Å². The number of carbonyl (C=O) groups is 1. The molecule has 108 valence electrons. The monoisotopic (exact) mass is 282 g/mol. The molecule has 1 aliphatic heterocycles. The number of hydrazine groups is 1. The highest BCUT2D eigenvalue weighted by Crippen LogP contribution is 2.32. The minimum atomic E-state index is -0.156. The average molecular weight is 282 g/mol. The second kappa shape index (κ2) is 5.09. The summed E-state index contributed by atoms with van der Waals surface area (Å²) in [5.41, 5.74) is 8.00. The summed E-state index contributed by atoms with van der Waals surface area (Å²) >= 11 is 0. The quantitative estimate of drug-likeness (QED) is 0.786. The van der Waals surface area contributed by atoms with Crippen LogP contribution in [0.4, 0.5) is 5.69 Å². The van der Waals surface area contributed by atoms with E-state index in [2.05, 4.69) is 21.2 Å². The SMILES string of the molecule is O=C(Nc1cccc2cccnc12)C1NNC2CCCC21. The van der Waals surface area contributed by atoms with Gasteiger partial charge >= 0.3 is 0 Å². The highest BCUT2D eigenvalue weighted by atomic mass is 16.2. The van der Waals surface area contributed by atoms with E-state index in [1.807, 2.05) is 30.3 Å². The van der Waals surface area contributed by atoms with Gasteiger partial charge in [0.1, 0.15) is 6.04 Å². The zero-order valence-electron chi connectivity index (χ0n) is 11.7. The van der Waals surface area contributed by atoms with Gasteiger partial charge in [0.05, 0.1) is 11.2 Å². The lowest BCUT2D eigenvalue weighted by atomic mass is 9.96. The van der Waals surface area contributed by atoms with Gasteiger partial charge < -0.3 is 5.32 Å². The molecule has 2 aromatic rings. The van der Waals surface area contributed by atoms with Crippen LogP contribution in [-0.4, -0.2) is 23.0 Å². The summed E-state index contributed by atoms with van der Waals surface area (Å²) in [7, 11) is 0. The van der Waals surface area contributed by atoms with Crippen LogP contribution in [0, 0.1) is 5.92 Å². The smallest absolute Gasteiger partial charge is 0.243 e. The molecule has 2 heterocycles. The lowest BCUT2D eigenvalue weighted by Gasteiger charge is -2.17. The summed E-state index contributed by atoms with van der Waals surface area (Å²) in [5.74, 6) is 0.419. The Kier molecular flexibility index (Phi) is 3.09. The fourth-order valence-electron chi connectivity index (χ4n) is 3.55. The highest BCUT2D eigenvalue weighted by molar-refractivity contribution is 6.02. The van der Waals surface area contributed by atoms with Gasteiger partial charge in [0, 0.05) is 23.5 Å². The minimum Gasteiger partial charge on any atom is -0.323 e. The summed E-state index contributed by atoms with van der Waals surface area (Å²) in [6, 6.07) is 10.0. The van der Waals surface area contributed by atoms with E-state index in [1.165, 1.54) is 6.42 Å². The Bertz CT molecular complexity index is 682. The molecule has 1 amide bonds. The van der Waals surface area contributed by atoms with Crippen LogP contribution in [0.2, 0.25) is 0 Å². The number of nitrogens with one attached hydrogen (secondary N) is 3. The molecule has 1 aromatic heterocycles. The number of carbonyl (C=O) groups excluding carboxylic acids is 1. The van der Waals surface area contributed by atoms with Gasteiger partial charge in [0.25, 0.3) is 0 Å². The molecule has 1 saturated heterocycles. The van der Waals surface area contributed by atoms with Crippen LogP contribution < -0.4 is 16.2 Å². The Morgan fingerprint density at radius 2 is 2.10 bits per heavy atom. The zero-order valence-corrected chi connectivity index (χ0v) is 11.7. The highest BCUT2D eigenvalue weighted by Gasteiger charge is 2.42. The van der Waals surface area contributed by atoms with Gasteiger partial charge in [0.2, 0.25) is 5.91 Å². The summed E-state index contributed by atoms with van der Waals surface area (Å²) in [4.78, 5) is 16.9. The van der Waals surface area contributed by atoms with Crippen molar-refractivity contribution in [2.75, 3.05) is 5.32 Å². The zero-order chi connectivity index (χ0) is 14.2. The van der Waals surface area contributed by atoms with Crippen LogP contribution in [-0.2, 0) is 4.79 Å². The molecule has 0 radical (unpaired) electrons. The third-order valence-electron chi connectivity index (χ3n) is 4.59. The minimum absolute atomic E-state index is 0.0232. The molecule has 5 nitrogen and oxygen atoms in total. The second-order valence-electron chi connectivity index (χ2n) is 5.84. The van der Waals surface area contributed by atoms with Crippen molar-refractivity contribution in [3.63, 3.8) is 0 Å². The molecule has 2 fully saturated rings. The molecule has 21 heavy (non-hydrogen) atoms. The van der Waals surface area contributed by atoms with Crippen LogP contribution in [0.5, 0.6) is 0 Å². The van der Waals surface area contributed by atoms with Crippen LogP contribution in [0.3, 0.4) is 0 Å². The molecule has 1 aliphatic carbocycles. The van der Waals surface area contributed by atoms with E-state index in [1.54, 1.807) is 6.20 Å². The predicted octanol–water partition coefficient (Wildman–Crippen LogP) is 1.82. The van der Waals surface area contributed by atoms with E-state index in [9.17, 15) is 4.79 Å². The molecular weight excluding hydrogens is 264 g/mol. The van der Waals surface area contributed by atoms with Crippen LogP contribution >= 0.6 is 0 Å².